The van der Waals surface area contributed by atoms with E-state index in [1.807, 2.05) is 0 Å². The fraction of sp³-hybridized carbons (Fsp3) is 0.800. The molecule has 0 rings (SSSR count). The van der Waals surface area contributed by atoms with E-state index in [2.05, 4.69) is 46.9 Å². The molecule has 0 aliphatic rings. The predicted molar refractivity (Wildman–Crippen MR) is 51.1 cm³/mol. The van der Waals surface area contributed by atoms with Gasteiger partial charge in [-0.05, 0) is 6.04 Å². The van der Waals surface area contributed by atoms with Gasteiger partial charge in [-0.2, -0.15) is 5.92 Å². The summed E-state index contributed by atoms with van der Waals surface area (Å²) in [6, 6.07) is 0.774. The zero-order valence-electron chi connectivity index (χ0n) is 8.72. The molecule has 2 heteroatoms. The Kier molecular flexibility index (Phi) is 9.57. The molecule has 12 heavy (non-hydrogen) atoms. The average Bonchev–Trinajstić information content (AvgIpc) is 1.84. The first kappa shape index (κ1) is 15.5. The Hall–Kier alpha value is 1.01. The molecule has 0 aromatic heterocycles. The fourth-order valence-corrected chi connectivity index (χ4v) is 1.02. The summed E-state index contributed by atoms with van der Waals surface area (Å²) in [5, 5.41) is 3.35. The van der Waals surface area contributed by atoms with Gasteiger partial charge in [-0.15, -0.1) is 6.04 Å². The molecule has 0 spiro atoms. The summed E-state index contributed by atoms with van der Waals surface area (Å²) in [6.07, 6.45) is 0. The molecule has 0 aromatic carbocycles. The first-order valence-corrected chi connectivity index (χ1v) is 4.37. The molecule has 0 saturated carbocycles. The van der Waals surface area contributed by atoms with E-state index in [4.69, 9.17) is 0 Å². The molecule has 0 radical (unpaired) electrons. The van der Waals surface area contributed by atoms with Crippen LogP contribution in [-0.4, -0.2) is 12.1 Å². The molecule has 1 nitrogen and oxygen atoms in total. The van der Waals surface area contributed by atoms with Gasteiger partial charge in [0.2, 0.25) is 0 Å². The third-order valence-corrected chi connectivity index (χ3v) is 1.92. The van der Waals surface area contributed by atoms with Gasteiger partial charge in [0, 0.05) is 0 Å². The van der Waals surface area contributed by atoms with E-state index < -0.39 is 0 Å². The number of nitrogens with one attached hydrogen (secondary N) is 1. The molecule has 70 valence electrons. The molecule has 0 amide bonds. The quantitative estimate of drug-likeness (QED) is 0.723. The van der Waals surface area contributed by atoms with Crippen molar-refractivity contribution in [1.29, 1.82) is 0 Å². The molecule has 0 aliphatic carbocycles. The number of hydrogen-bond acceptors (Lipinski definition) is 1. The third kappa shape index (κ3) is 6.52. The van der Waals surface area contributed by atoms with Gasteiger partial charge in [0.1, 0.15) is 0 Å². The minimum atomic E-state index is 0. The first-order valence-electron chi connectivity index (χ1n) is 4.37. The summed E-state index contributed by atoms with van der Waals surface area (Å²) in [4.78, 5) is 0. The van der Waals surface area contributed by atoms with Crippen LogP contribution in [0.25, 0.3) is 0 Å². The number of rotatable bonds is 4. The van der Waals surface area contributed by atoms with Crippen LogP contribution >= 0.6 is 0 Å². The van der Waals surface area contributed by atoms with Crippen LogP contribution in [0.15, 0.2) is 0 Å². The van der Waals surface area contributed by atoms with Crippen LogP contribution in [0.3, 0.4) is 0 Å². The Labute approximate surface area is 101 Å². The molecule has 2 unspecified atom stereocenters. The smallest absolute Gasteiger partial charge is 0.343 e. The van der Waals surface area contributed by atoms with Crippen LogP contribution in [0, 0.1) is 56.8 Å². The van der Waals surface area contributed by atoms with E-state index in [9.17, 15) is 0 Å². The SMILES string of the molecule is [CH2-]C(NC(C)C)C([CH2-])C(C)C.[U+2]. The van der Waals surface area contributed by atoms with E-state index in [-0.39, 0.29) is 37.2 Å². The maximum atomic E-state index is 4.07. The maximum Gasteiger partial charge on any atom is 2.00 e. The fourth-order valence-electron chi connectivity index (χ4n) is 1.02. The zero-order chi connectivity index (χ0) is 9.02. The summed E-state index contributed by atoms with van der Waals surface area (Å²) >= 11 is 0. The Bertz CT molecular complexity index is 102. The largest absolute Gasteiger partial charge is 2.00 e. The maximum absolute atomic E-state index is 4.07. The second-order valence-electron chi connectivity index (χ2n) is 3.84. The molecule has 0 bridgehead atoms. The summed E-state index contributed by atoms with van der Waals surface area (Å²) < 4.78 is 0. The van der Waals surface area contributed by atoms with Gasteiger partial charge >= 0.3 is 31.1 Å². The summed E-state index contributed by atoms with van der Waals surface area (Å²) in [5.74, 6) is 1.00. The summed E-state index contributed by atoms with van der Waals surface area (Å²) in [5.41, 5.74) is 0. The van der Waals surface area contributed by atoms with Crippen molar-refractivity contribution in [3.63, 3.8) is 0 Å². The third-order valence-electron chi connectivity index (χ3n) is 1.92. The van der Waals surface area contributed by atoms with Crippen LogP contribution in [0.5, 0.6) is 0 Å². The molecule has 1 N–H and O–H groups in total. The van der Waals surface area contributed by atoms with Crippen molar-refractivity contribution in [2.75, 3.05) is 0 Å². The summed E-state index contributed by atoms with van der Waals surface area (Å²) in [7, 11) is 0. The van der Waals surface area contributed by atoms with Gasteiger partial charge in [0.15, 0.2) is 0 Å². The monoisotopic (exact) mass is 393 g/mol. The molecule has 2 atom stereocenters. The normalized spacial score (nSPS) is 16.0. The van der Waals surface area contributed by atoms with Crippen molar-refractivity contribution in [2.45, 2.75) is 39.8 Å². The van der Waals surface area contributed by atoms with Crippen LogP contribution < -0.4 is 5.32 Å². The minimum absolute atomic E-state index is 0. The molecular formula is C10H21NU. The Balaban J connectivity index is 0. The Morgan fingerprint density at radius 3 is 1.67 bits per heavy atom. The summed E-state index contributed by atoms with van der Waals surface area (Å²) in [6.45, 7) is 16.7. The van der Waals surface area contributed by atoms with Gasteiger partial charge in [-0.3, -0.25) is 0 Å². The van der Waals surface area contributed by atoms with Gasteiger partial charge in [0.25, 0.3) is 0 Å². The Morgan fingerprint density at radius 1 is 1.00 bits per heavy atom. The van der Waals surface area contributed by atoms with Crippen molar-refractivity contribution in [2.24, 2.45) is 11.8 Å². The topological polar surface area (TPSA) is 12.0 Å². The van der Waals surface area contributed by atoms with Gasteiger partial charge in [0.05, 0.1) is 0 Å². The van der Waals surface area contributed by atoms with E-state index in [1.165, 1.54) is 0 Å². The predicted octanol–water partition coefficient (Wildman–Crippen LogP) is 2.29. The van der Waals surface area contributed by atoms with E-state index >= 15 is 0 Å². The standard InChI is InChI=1S/C10H21N.U/c1-7(2)9(5)10(6)11-8(3)4;/h7-11H,5-6H2,1-4H3;/q-2;+2. The van der Waals surface area contributed by atoms with Crippen LogP contribution in [0.1, 0.15) is 27.7 Å². The number of hydrogen-bond donors (Lipinski definition) is 1. The Morgan fingerprint density at radius 2 is 1.42 bits per heavy atom. The van der Waals surface area contributed by atoms with Gasteiger partial charge < -0.3 is 19.2 Å². The second kappa shape index (κ2) is 7.42. The van der Waals surface area contributed by atoms with Gasteiger partial charge in [-0.1, -0.05) is 33.6 Å². The first-order chi connectivity index (χ1) is 4.95. The minimum Gasteiger partial charge on any atom is -0.343 e. The molecule has 0 aromatic rings. The zero-order valence-corrected chi connectivity index (χ0v) is 12.9. The van der Waals surface area contributed by atoms with Crippen LogP contribution in [0.2, 0.25) is 0 Å². The van der Waals surface area contributed by atoms with Gasteiger partial charge in [-0.25, -0.2) is 0 Å². The van der Waals surface area contributed by atoms with Crippen LogP contribution in [0.4, 0.5) is 0 Å². The van der Waals surface area contributed by atoms with Crippen LogP contribution in [-0.2, 0) is 0 Å². The molecule has 0 heterocycles. The molecule has 0 fully saturated rings. The average molecular weight is 393 g/mol. The van der Waals surface area contributed by atoms with E-state index in [1.54, 1.807) is 0 Å². The van der Waals surface area contributed by atoms with Crippen molar-refractivity contribution in [3.05, 3.63) is 13.8 Å². The molecule has 0 aliphatic heterocycles. The van der Waals surface area contributed by atoms with E-state index in [0.29, 0.717) is 17.9 Å². The van der Waals surface area contributed by atoms with Crippen molar-refractivity contribution < 1.29 is 31.1 Å². The van der Waals surface area contributed by atoms with Crippen molar-refractivity contribution >= 4 is 0 Å². The van der Waals surface area contributed by atoms with Crippen molar-refractivity contribution in [3.8, 4) is 0 Å². The van der Waals surface area contributed by atoms with E-state index in [0.717, 1.165) is 0 Å². The second-order valence-corrected chi connectivity index (χ2v) is 3.84. The molecule has 0 saturated heterocycles. The molecular weight excluding hydrogens is 372 g/mol. The van der Waals surface area contributed by atoms with Crippen molar-refractivity contribution in [1.82, 2.24) is 5.32 Å².